The highest BCUT2D eigenvalue weighted by Crippen LogP contribution is 2.33. The monoisotopic (exact) mass is 284 g/mol. The number of carboxylic acid groups (broad SMARTS) is 1. The van der Waals surface area contributed by atoms with E-state index in [9.17, 15) is 14.4 Å². The van der Waals surface area contributed by atoms with Crippen LogP contribution in [0.4, 0.5) is 0 Å². The summed E-state index contributed by atoms with van der Waals surface area (Å²) in [6.07, 6.45) is 3.05. The lowest BCUT2D eigenvalue weighted by Gasteiger charge is -2.25. The molecule has 1 aliphatic carbocycles. The van der Waals surface area contributed by atoms with E-state index in [1.165, 1.54) is 0 Å². The molecular weight excluding hydrogens is 264 g/mol. The van der Waals surface area contributed by atoms with Gasteiger partial charge in [0, 0.05) is 25.5 Å². The van der Waals surface area contributed by atoms with E-state index >= 15 is 0 Å². The van der Waals surface area contributed by atoms with Crippen molar-refractivity contribution in [1.29, 1.82) is 0 Å². The van der Waals surface area contributed by atoms with E-state index in [-0.39, 0.29) is 24.9 Å². The standard InChI is InChI=1S/C13H20N2O5/c16-7-5-9(13(19)20)14-11(17)10-2-1-6-15(10)12(18)8-3-4-8/h8-10,16H,1-7H2,(H,14,17)(H,19,20). The number of aliphatic hydroxyl groups excluding tert-OH is 1. The smallest absolute Gasteiger partial charge is 0.326 e. The fourth-order valence-corrected chi connectivity index (χ4v) is 2.52. The molecule has 0 aromatic carbocycles. The zero-order chi connectivity index (χ0) is 14.7. The number of nitrogens with one attached hydrogen (secondary N) is 1. The molecule has 1 aliphatic heterocycles. The number of aliphatic hydroxyl groups is 1. The van der Waals surface area contributed by atoms with Crippen LogP contribution in [-0.4, -0.2) is 58.1 Å². The van der Waals surface area contributed by atoms with Crippen molar-refractivity contribution in [3.8, 4) is 0 Å². The molecule has 3 N–H and O–H groups in total. The second kappa shape index (κ2) is 6.21. The maximum absolute atomic E-state index is 12.1. The summed E-state index contributed by atoms with van der Waals surface area (Å²) in [7, 11) is 0. The molecule has 20 heavy (non-hydrogen) atoms. The van der Waals surface area contributed by atoms with Gasteiger partial charge in [-0.25, -0.2) is 4.79 Å². The Morgan fingerprint density at radius 2 is 1.95 bits per heavy atom. The average molecular weight is 284 g/mol. The minimum absolute atomic E-state index is 0.0108. The molecule has 2 aliphatic rings. The molecule has 112 valence electrons. The van der Waals surface area contributed by atoms with Crippen molar-refractivity contribution >= 4 is 17.8 Å². The lowest BCUT2D eigenvalue weighted by atomic mass is 10.1. The van der Waals surface area contributed by atoms with Gasteiger partial charge < -0.3 is 20.4 Å². The number of carboxylic acids is 1. The van der Waals surface area contributed by atoms with Crippen LogP contribution in [0, 0.1) is 5.92 Å². The number of rotatable bonds is 6. The summed E-state index contributed by atoms with van der Waals surface area (Å²) < 4.78 is 0. The van der Waals surface area contributed by atoms with E-state index in [0.29, 0.717) is 13.0 Å². The molecule has 2 atom stereocenters. The fraction of sp³-hybridized carbons (Fsp3) is 0.769. The van der Waals surface area contributed by atoms with Crippen molar-refractivity contribution in [3.63, 3.8) is 0 Å². The first-order valence-electron chi connectivity index (χ1n) is 6.99. The lowest BCUT2D eigenvalue weighted by molar-refractivity contribution is -0.144. The van der Waals surface area contributed by atoms with Crippen molar-refractivity contribution in [2.24, 2.45) is 5.92 Å². The Hall–Kier alpha value is -1.63. The Morgan fingerprint density at radius 3 is 2.50 bits per heavy atom. The molecule has 2 amide bonds. The normalized spacial score (nSPS) is 23.4. The summed E-state index contributed by atoms with van der Waals surface area (Å²) in [5, 5.41) is 20.2. The van der Waals surface area contributed by atoms with Gasteiger partial charge in [-0.3, -0.25) is 9.59 Å². The second-order valence-electron chi connectivity index (χ2n) is 5.38. The van der Waals surface area contributed by atoms with E-state index in [0.717, 1.165) is 19.3 Å². The van der Waals surface area contributed by atoms with Crippen LogP contribution < -0.4 is 5.32 Å². The molecule has 1 saturated heterocycles. The highest BCUT2D eigenvalue weighted by Gasteiger charge is 2.41. The Labute approximate surface area is 116 Å². The van der Waals surface area contributed by atoms with Crippen LogP contribution in [-0.2, 0) is 14.4 Å². The Bertz CT molecular complexity index is 408. The van der Waals surface area contributed by atoms with Gasteiger partial charge in [-0.05, 0) is 25.7 Å². The number of likely N-dealkylation sites (tertiary alicyclic amines) is 1. The highest BCUT2D eigenvalue weighted by molar-refractivity contribution is 5.92. The Morgan fingerprint density at radius 1 is 1.25 bits per heavy atom. The zero-order valence-electron chi connectivity index (χ0n) is 11.2. The van der Waals surface area contributed by atoms with E-state index < -0.39 is 24.0 Å². The first-order valence-corrected chi connectivity index (χ1v) is 6.99. The van der Waals surface area contributed by atoms with Crippen molar-refractivity contribution in [2.45, 2.75) is 44.2 Å². The van der Waals surface area contributed by atoms with Crippen LogP contribution in [0.3, 0.4) is 0 Å². The molecular formula is C13H20N2O5. The fourth-order valence-electron chi connectivity index (χ4n) is 2.52. The van der Waals surface area contributed by atoms with Crippen molar-refractivity contribution < 1.29 is 24.6 Å². The number of hydrogen-bond acceptors (Lipinski definition) is 4. The van der Waals surface area contributed by atoms with Crippen LogP contribution in [0.2, 0.25) is 0 Å². The predicted octanol–water partition coefficient (Wildman–Crippen LogP) is -0.661. The third kappa shape index (κ3) is 3.27. The third-order valence-corrected chi connectivity index (χ3v) is 3.80. The predicted molar refractivity (Wildman–Crippen MR) is 68.7 cm³/mol. The van der Waals surface area contributed by atoms with Crippen LogP contribution in [0.1, 0.15) is 32.1 Å². The van der Waals surface area contributed by atoms with Gasteiger partial charge in [0.05, 0.1) is 0 Å². The van der Waals surface area contributed by atoms with Gasteiger partial charge in [0.2, 0.25) is 11.8 Å². The van der Waals surface area contributed by atoms with Gasteiger partial charge in [-0.1, -0.05) is 0 Å². The maximum Gasteiger partial charge on any atom is 0.326 e. The lowest BCUT2D eigenvalue weighted by Crippen LogP contribution is -2.51. The highest BCUT2D eigenvalue weighted by atomic mass is 16.4. The van der Waals surface area contributed by atoms with E-state index in [4.69, 9.17) is 10.2 Å². The maximum atomic E-state index is 12.1. The molecule has 0 bridgehead atoms. The number of amides is 2. The van der Waals surface area contributed by atoms with Crippen LogP contribution >= 0.6 is 0 Å². The molecule has 7 nitrogen and oxygen atoms in total. The number of carbonyl (C=O) groups excluding carboxylic acids is 2. The van der Waals surface area contributed by atoms with Crippen molar-refractivity contribution in [1.82, 2.24) is 10.2 Å². The first kappa shape index (κ1) is 14.8. The molecule has 0 spiro atoms. The topological polar surface area (TPSA) is 107 Å². The summed E-state index contributed by atoms with van der Waals surface area (Å²) in [4.78, 5) is 36.7. The Balaban J connectivity index is 1.96. The van der Waals surface area contributed by atoms with Gasteiger partial charge in [0.1, 0.15) is 12.1 Å². The van der Waals surface area contributed by atoms with E-state index in [1.54, 1.807) is 4.90 Å². The zero-order valence-corrected chi connectivity index (χ0v) is 11.2. The second-order valence-corrected chi connectivity index (χ2v) is 5.38. The van der Waals surface area contributed by atoms with Gasteiger partial charge in [-0.2, -0.15) is 0 Å². The van der Waals surface area contributed by atoms with Crippen LogP contribution in [0.15, 0.2) is 0 Å². The van der Waals surface area contributed by atoms with Crippen molar-refractivity contribution in [2.75, 3.05) is 13.2 Å². The third-order valence-electron chi connectivity index (χ3n) is 3.80. The largest absolute Gasteiger partial charge is 0.480 e. The van der Waals surface area contributed by atoms with E-state index in [2.05, 4.69) is 5.32 Å². The molecule has 1 saturated carbocycles. The molecule has 7 heteroatoms. The minimum atomic E-state index is -1.18. The molecule has 2 fully saturated rings. The summed E-state index contributed by atoms with van der Waals surface area (Å²) >= 11 is 0. The van der Waals surface area contributed by atoms with E-state index in [1.807, 2.05) is 0 Å². The molecule has 1 heterocycles. The van der Waals surface area contributed by atoms with Gasteiger partial charge in [0.25, 0.3) is 0 Å². The van der Waals surface area contributed by atoms with Gasteiger partial charge >= 0.3 is 5.97 Å². The first-order chi connectivity index (χ1) is 9.54. The minimum Gasteiger partial charge on any atom is -0.480 e. The summed E-state index contributed by atoms with van der Waals surface area (Å²) in [5.41, 5.74) is 0. The summed E-state index contributed by atoms with van der Waals surface area (Å²) in [6.45, 7) is 0.248. The van der Waals surface area contributed by atoms with Crippen molar-refractivity contribution in [3.05, 3.63) is 0 Å². The Kier molecular flexibility index (Phi) is 4.59. The number of nitrogens with zero attached hydrogens (tertiary/aromatic N) is 1. The van der Waals surface area contributed by atoms with Gasteiger partial charge in [-0.15, -0.1) is 0 Å². The molecule has 0 aromatic heterocycles. The SMILES string of the molecule is O=C(O)C(CCO)NC(=O)C1CCCN1C(=O)C1CC1. The van der Waals surface area contributed by atoms with Gasteiger partial charge in [0.15, 0.2) is 0 Å². The summed E-state index contributed by atoms with van der Waals surface area (Å²) in [6, 6.07) is -1.67. The number of hydrogen-bond donors (Lipinski definition) is 3. The molecule has 2 rings (SSSR count). The van der Waals surface area contributed by atoms with Crippen LogP contribution in [0.5, 0.6) is 0 Å². The quantitative estimate of drug-likeness (QED) is 0.600. The summed E-state index contributed by atoms with van der Waals surface area (Å²) in [5.74, 6) is -1.55. The molecule has 0 radical (unpaired) electrons. The molecule has 0 aromatic rings. The number of aliphatic carboxylic acids is 1. The average Bonchev–Trinajstić information content (AvgIpc) is 3.14. The van der Waals surface area contributed by atoms with Crippen LogP contribution in [0.25, 0.3) is 0 Å². The number of carbonyl (C=O) groups is 3. The molecule has 2 unspecified atom stereocenters.